The van der Waals surface area contributed by atoms with Crippen molar-refractivity contribution in [3.05, 3.63) is 27.7 Å². The van der Waals surface area contributed by atoms with Crippen molar-refractivity contribution in [3.8, 4) is 0 Å². The van der Waals surface area contributed by atoms with E-state index in [0.29, 0.717) is 5.82 Å². The maximum atomic E-state index is 12.7. The SMILES string of the molecule is O=C(Nc1ccc(N2CCC(C(F)(F)F)CC2)nn1)c1ncsc1Cl. The molecule has 1 saturated heterocycles. The van der Waals surface area contributed by atoms with Gasteiger partial charge >= 0.3 is 6.18 Å². The summed E-state index contributed by atoms with van der Waals surface area (Å²) < 4.78 is 38.3. The third kappa shape index (κ3) is 4.18. The molecule has 11 heteroatoms. The molecule has 1 N–H and O–H groups in total. The fourth-order valence-electron chi connectivity index (χ4n) is 2.55. The first-order valence-corrected chi connectivity index (χ1v) is 8.66. The summed E-state index contributed by atoms with van der Waals surface area (Å²) in [5.74, 6) is -1.08. The molecular formula is C14H13ClF3N5OS. The van der Waals surface area contributed by atoms with Gasteiger partial charge in [-0.15, -0.1) is 21.5 Å². The Morgan fingerprint density at radius 1 is 1.28 bits per heavy atom. The van der Waals surface area contributed by atoms with Gasteiger partial charge in [-0.2, -0.15) is 13.2 Å². The van der Waals surface area contributed by atoms with Gasteiger partial charge in [0.2, 0.25) is 0 Å². The number of thiazole rings is 1. The molecule has 6 nitrogen and oxygen atoms in total. The summed E-state index contributed by atoms with van der Waals surface area (Å²) in [7, 11) is 0. The Labute approximate surface area is 150 Å². The summed E-state index contributed by atoms with van der Waals surface area (Å²) in [6, 6.07) is 3.15. The first-order chi connectivity index (χ1) is 11.8. The van der Waals surface area contributed by atoms with E-state index in [1.54, 1.807) is 11.0 Å². The summed E-state index contributed by atoms with van der Waals surface area (Å²) in [6.45, 7) is 0.526. The fourth-order valence-corrected chi connectivity index (χ4v) is 3.31. The molecule has 0 aromatic carbocycles. The van der Waals surface area contributed by atoms with Crippen molar-refractivity contribution in [1.82, 2.24) is 15.2 Å². The predicted octanol–water partition coefficient (Wildman–Crippen LogP) is 3.62. The van der Waals surface area contributed by atoms with Crippen molar-refractivity contribution < 1.29 is 18.0 Å². The fraction of sp³-hybridized carbons (Fsp3) is 0.429. The highest BCUT2D eigenvalue weighted by molar-refractivity contribution is 7.14. The second kappa shape index (κ2) is 7.12. The quantitative estimate of drug-likeness (QED) is 0.865. The van der Waals surface area contributed by atoms with Gasteiger partial charge in [0.25, 0.3) is 5.91 Å². The number of carbonyl (C=O) groups excluding carboxylic acids is 1. The van der Waals surface area contributed by atoms with E-state index >= 15 is 0 Å². The molecule has 0 aliphatic carbocycles. The Morgan fingerprint density at radius 3 is 2.52 bits per heavy atom. The van der Waals surface area contributed by atoms with Gasteiger partial charge in [-0.3, -0.25) is 4.79 Å². The number of anilines is 2. The van der Waals surface area contributed by atoms with Gasteiger partial charge in [-0.1, -0.05) is 11.6 Å². The summed E-state index contributed by atoms with van der Waals surface area (Å²) >= 11 is 6.98. The minimum absolute atomic E-state index is 0.0337. The van der Waals surface area contributed by atoms with Crippen molar-refractivity contribution in [2.24, 2.45) is 5.92 Å². The largest absolute Gasteiger partial charge is 0.391 e. The van der Waals surface area contributed by atoms with Gasteiger partial charge < -0.3 is 10.2 Å². The highest BCUT2D eigenvalue weighted by Gasteiger charge is 2.41. The van der Waals surface area contributed by atoms with Crippen LogP contribution in [0, 0.1) is 5.92 Å². The predicted molar refractivity (Wildman–Crippen MR) is 88.1 cm³/mol. The van der Waals surface area contributed by atoms with Gasteiger partial charge in [0, 0.05) is 13.1 Å². The Morgan fingerprint density at radius 2 is 2.00 bits per heavy atom. The van der Waals surface area contributed by atoms with E-state index in [0.717, 1.165) is 11.3 Å². The molecule has 0 unspecified atom stereocenters. The van der Waals surface area contributed by atoms with E-state index in [2.05, 4.69) is 20.5 Å². The lowest BCUT2D eigenvalue weighted by molar-refractivity contribution is -0.179. The van der Waals surface area contributed by atoms with E-state index in [9.17, 15) is 18.0 Å². The van der Waals surface area contributed by atoms with E-state index in [1.807, 2.05) is 0 Å². The molecule has 1 aliphatic heterocycles. The summed E-state index contributed by atoms with van der Waals surface area (Å²) in [4.78, 5) is 17.6. The molecule has 0 atom stereocenters. The van der Waals surface area contributed by atoms with E-state index in [-0.39, 0.29) is 41.8 Å². The van der Waals surface area contributed by atoms with Crippen LogP contribution in [0.3, 0.4) is 0 Å². The Bertz CT molecular complexity index is 744. The Kier molecular flexibility index (Phi) is 5.09. The molecule has 0 radical (unpaired) electrons. The number of alkyl halides is 3. The molecule has 25 heavy (non-hydrogen) atoms. The third-order valence-electron chi connectivity index (χ3n) is 3.91. The second-order valence-electron chi connectivity index (χ2n) is 5.51. The minimum Gasteiger partial charge on any atom is -0.355 e. The van der Waals surface area contributed by atoms with Crippen LogP contribution in [0.5, 0.6) is 0 Å². The summed E-state index contributed by atoms with van der Waals surface area (Å²) in [5, 5.41) is 10.4. The molecule has 0 spiro atoms. The van der Waals surface area contributed by atoms with Gasteiger partial charge in [-0.25, -0.2) is 4.98 Å². The molecule has 2 aromatic heterocycles. The van der Waals surface area contributed by atoms with Crippen molar-refractivity contribution in [3.63, 3.8) is 0 Å². The van der Waals surface area contributed by atoms with Crippen LogP contribution in [0.4, 0.5) is 24.8 Å². The highest BCUT2D eigenvalue weighted by Crippen LogP contribution is 2.35. The number of aromatic nitrogens is 3. The van der Waals surface area contributed by atoms with Gasteiger partial charge in [0.15, 0.2) is 17.3 Å². The summed E-state index contributed by atoms with van der Waals surface area (Å²) in [6.07, 6.45) is -4.08. The monoisotopic (exact) mass is 391 g/mol. The molecule has 3 rings (SSSR count). The van der Waals surface area contributed by atoms with Gasteiger partial charge in [0.1, 0.15) is 4.34 Å². The van der Waals surface area contributed by atoms with Crippen LogP contribution in [-0.4, -0.2) is 40.4 Å². The Hall–Kier alpha value is -1.94. The number of hydrogen-bond acceptors (Lipinski definition) is 6. The normalized spacial score (nSPS) is 16.1. The maximum absolute atomic E-state index is 12.7. The lowest BCUT2D eigenvalue weighted by Gasteiger charge is -2.33. The first-order valence-electron chi connectivity index (χ1n) is 7.40. The van der Waals surface area contributed by atoms with Crippen LogP contribution in [0.25, 0.3) is 0 Å². The average Bonchev–Trinajstić information content (AvgIpc) is 3.01. The van der Waals surface area contributed by atoms with Gasteiger partial charge in [-0.05, 0) is 25.0 Å². The lowest BCUT2D eigenvalue weighted by atomic mass is 9.96. The highest BCUT2D eigenvalue weighted by atomic mass is 35.5. The lowest BCUT2D eigenvalue weighted by Crippen LogP contribution is -2.39. The van der Waals surface area contributed by atoms with Crippen molar-refractivity contribution >= 4 is 40.5 Å². The zero-order chi connectivity index (χ0) is 18.0. The van der Waals surface area contributed by atoms with Crippen LogP contribution in [0.2, 0.25) is 4.34 Å². The third-order valence-corrected chi connectivity index (χ3v) is 4.97. The first kappa shape index (κ1) is 17.9. The van der Waals surface area contributed by atoms with E-state index < -0.39 is 18.0 Å². The summed E-state index contributed by atoms with van der Waals surface area (Å²) in [5.41, 5.74) is 1.56. The molecule has 134 valence electrons. The van der Waals surface area contributed by atoms with Crippen molar-refractivity contribution in [2.75, 3.05) is 23.3 Å². The zero-order valence-corrected chi connectivity index (χ0v) is 14.3. The number of carbonyl (C=O) groups is 1. The number of halogens is 4. The van der Waals surface area contributed by atoms with Crippen LogP contribution in [0.15, 0.2) is 17.6 Å². The second-order valence-corrected chi connectivity index (χ2v) is 6.97. The van der Waals surface area contributed by atoms with E-state index in [1.165, 1.54) is 11.6 Å². The maximum Gasteiger partial charge on any atom is 0.391 e. The van der Waals surface area contributed by atoms with E-state index in [4.69, 9.17) is 11.6 Å². The topological polar surface area (TPSA) is 71.0 Å². The van der Waals surface area contributed by atoms with Gasteiger partial charge in [0.05, 0.1) is 11.4 Å². The van der Waals surface area contributed by atoms with Crippen molar-refractivity contribution in [2.45, 2.75) is 19.0 Å². The number of rotatable bonds is 3. The zero-order valence-electron chi connectivity index (χ0n) is 12.8. The molecule has 1 aliphatic rings. The molecule has 1 fully saturated rings. The molecule has 1 amide bonds. The van der Waals surface area contributed by atoms with Crippen LogP contribution >= 0.6 is 22.9 Å². The standard InChI is InChI=1S/C14H13ClF3N5OS/c15-12-11(19-7-25-12)13(24)20-9-1-2-10(22-21-9)23-5-3-8(4-6-23)14(16,17)18/h1-2,7-8H,3-6H2,(H,20,21,24). The minimum atomic E-state index is -4.15. The molecule has 0 saturated carbocycles. The Balaban J connectivity index is 1.60. The smallest absolute Gasteiger partial charge is 0.355 e. The van der Waals surface area contributed by atoms with Crippen LogP contribution in [-0.2, 0) is 0 Å². The average molecular weight is 392 g/mol. The molecule has 3 heterocycles. The van der Waals surface area contributed by atoms with Crippen LogP contribution in [0.1, 0.15) is 23.3 Å². The number of nitrogens with one attached hydrogen (secondary N) is 1. The molecule has 2 aromatic rings. The number of hydrogen-bond donors (Lipinski definition) is 1. The number of amides is 1. The van der Waals surface area contributed by atoms with Crippen molar-refractivity contribution in [1.29, 1.82) is 0 Å². The van der Waals surface area contributed by atoms with Crippen LogP contribution < -0.4 is 10.2 Å². The molecular weight excluding hydrogens is 379 g/mol. The number of piperidine rings is 1. The molecule has 0 bridgehead atoms. The number of nitrogens with zero attached hydrogens (tertiary/aromatic N) is 4.